The minimum absolute atomic E-state index is 1.21. The van der Waals surface area contributed by atoms with Crippen LogP contribution in [0, 0.1) is 0 Å². The first-order chi connectivity index (χ1) is 27.8. The summed E-state index contributed by atoms with van der Waals surface area (Å²) in [4.78, 5) is 0. The van der Waals surface area contributed by atoms with E-state index in [9.17, 15) is 0 Å². The lowest BCUT2D eigenvalue weighted by Crippen LogP contribution is -1.92. The summed E-state index contributed by atoms with van der Waals surface area (Å²) in [5.74, 6) is 0. The minimum atomic E-state index is 1.21. The van der Waals surface area contributed by atoms with E-state index >= 15 is 0 Å². The second kappa shape index (κ2) is 13.2. The fourth-order valence-corrected chi connectivity index (χ4v) is 8.96. The first kappa shape index (κ1) is 32.2. The first-order valence-corrected chi connectivity index (χ1v) is 19.4. The molecule has 0 saturated carbocycles. The van der Waals surface area contributed by atoms with E-state index in [2.05, 4.69) is 218 Å². The molecule has 0 heteroatoms. The molecule has 0 bridgehead atoms. The summed E-state index contributed by atoms with van der Waals surface area (Å²) in [6.07, 6.45) is 0. The van der Waals surface area contributed by atoms with Gasteiger partial charge in [-0.25, -0.2) is 0 Å². The Morgan fingerprint density at radius 1 is 0.179 bits per heavy atom. The summed E-state index contributed by atoms with van der Waals surface area (Å²) in [5.41, 5.74) is 12.3. The van der Waals surface area contributed by atoms with Gasteiger partial charge in [0.25, 0.3) is 0 Å². The van der Waals surface area contributed by atoms with E-state index < -0.39 is 0 Å². The van der Waals surface area contributed by atoms with Crippen LogP contribution in [0.2, 0.25) is 0 Å². The van der Waals surface area contributed by atoms with Crippen LogP contribution in [0.25, 0.3) is 109 Å². The van der Waals surface area contributed by atoms with Gasteiger partial charge in [-0.15, -0.1) is 0 Å². The van der Waals surface area contributed by atoms with Crippen molar-refractivity contribution in [3.8, 4) is 55.6 Å². The average Bonchev–Trinajstić information content (AvgIpc) is 3.28. The Labute approximate surface area is 326 Å². The van der Waals surface area contributed by atoms with Gasteiger partial charge in [0.1, 0.15) is 0 Å². The average molecular weight is 709 g/mol. The number of hydrogen-bond donors (Lipinski definition) is 0. The second-order valence-electron chi connectivity index (χ2n) is 14.8. The Bertz CT molecular complexity index is 3170. The number of rotatable bonds is 5. The highest BCUT2D eigenvalue weighted by Crippen LogP contribution is 2.47. The Morgan fingerprint density at radius 2 is 0.607 bits per heavy atom. The Morgan fingerprint density at radius 3 is 1.20 bits per heavy atom. The van der Waals surface area contributed by atoms with E-state index in [0.717, 1.165) is 0 Å². The van der Waals surface area contributed by atoms with Crippen molar-refractivity contribution < 1.29 is 0 Å². The van der Waals surface area contributed by atoms with Gasteiger partial charge >= 0.3 is 0 Å². The van der Waals surface area contributed by atoms with E-state index in [1.807, 2.05) is 0 Å². The molecule has 11 aromatic carbocycles. The van der Waals surface area contributed by atoms with Crippen LogP contribution in [0.15, 0.2) is 218 Å². The monoisotopic (exact) mass is 708 g/mol. The third-order valence-electron chi connectivity index (χ3n) is 11.6. The number of hydrogen-bond acceptors (Lipinski definition) is 0. The minimum Gasteiger partial charge on any atom is -0.0622 e. The van der Waals surface area contributed by atoms with Crippen molar-refractivity contribution in [1.29, 1.82) is 0 Å². The molecule has 0 atom stereocenters. The molecule has 0 nitrogen and oxygen atoms in total. The molecular weight excluding hydrogens is 673 g/mol. The van der Waals surface area contributed by atoms with Crippen LogP contribution < -0.4 is 0 Å². The predicted octanol–water partition coefficient (Wildman–Crippen LogP) is 15.8. The summed E-state index contributed by atoms with van der Waals surface area (Å²) >= 11 is 0. The van der Waals surface area contributed by atoms with Gasteiger partial charge in [-0.3, -0.25) is 0 Å². The molecule has 0 radical (unpaired) electrons. The Kier molecular flexibility index (Phi) is 7.60. The molecule has 0 heterocycles. The normalized spacial score (nSPS) is 11.6. The zero-order valence-corrected chi connectivity index (χ0v) is 30.8. The van der Waals surface area contributed by atoms with E-state index in [0.29, 0.717) is 0 Å². The maximum absolute atomic E-state index is 2.40. The number of benzene rings is 11. The lowest BCUT2D eigenvalue weighted by atomic mass is 9.83. The van der Waals surface area contributed by atoms with Crippen LogP contribution >= 0.6 is 0 Å². The topological polar surface area (TPSA) is 0 Å². The van der Waals surface area contributed by atoms with Crippen molar-refractivity contribution in [2.75, 3.05) is 0 Å². The highest BCUT2D eigenvalue weighted by Gasteiger charge is 2.19. The molecule has 0 spiro atoms. The molecule has 0 amide bonds. The summed E-state index contributed by atoms with van der Waals surface area (Å²) in [5, 5.41) is 12.6. The standard InChI is InChI=1S/C56H36/c1-3-15-37(16-4-1)44-33-45(38-17-5-2-6-18-38)35-46(34-44)40-29-27-39-28-30-42(32-43(39)31-40)55-50-23-11-13-25-52(50)56(53-26-14-12-24-51(53)55)54-36-41-19-7-8-20-47(41)48-21-9-10-22-49(48)54/h1-36H. The zero-order valence-electron chi connectivity index (χ0n) is 30.8. The van der Waals surface area contributed by atoms with Gasteiger partial charge in [0, 0.05) is 0 Å². The molecule has 0 aliphatic heterocycles. The molecule has 0 aliphatic rings. The largest absolute Gasteiger partial charge is 0.0622 e. The lowest BCUT2D eigenvalue weighted by molar-refractivity contribution is 1.57. The predicted molar refractivity (Wildman–Crippen MR) is 241 cm³/mol. The van der Waals surface area contributed by atoms with Crippen LogP contribution in [0.4, 0.5) is 0 Å². The smallest absolute Gasteiger partial charge is 0.00199 e. The van der Waals surface area contributed by atoms with Gasteiger partial charge in [0.05, 0.1) is 0 Å². The Hall–Kier alpha value is -7.28. The molecule has 0 aliphatic carbocycles. The van der Waals surface area contributed by atoms with E-state index in [1.165, 1.54) is 109 Å². The van der Waals surface area contributed by atoms with Gasteiger partial charge in [0.15, 0.2) is 0 Å². The maximum Gasteiger partial charge on any atom is -0.00199 e. The van der Waals surface area contributed by atoms with Crippen molar-refractivity contribution in [1.82, 2.24) is 0 Å². The van der Waals surface area contributed by atoms with Crippen LogP contribution in [-0.2, 0) is 0 Å². The van der Waals surface area contributed by atoms with E-state index in [-0.39, 0.29) is 0 Å². The Balaban J connectivity index is 1.12. The molecular formula is C56H36. The highest BCUT2D eigenvalue weighted by molar-refractivity contribution is 6.26. The van der Waals surface area contributed by atoms with Crippen LogP contribution in [0.3, 0.4) is 0 Å². The van der Waals surface area contributed by atoms with Crippen molar-refractivity contribution in [3.63, 3.8) is 0 Å². The molecule has 56 heavy (non-hydrogen) atoms. The van der Waals surface area contributed by atoms with Crippen molar-refractivity contribution in [2.24, 2.45) is 0 Å². The highest BCUT2D eigenvalue weighted by atomic mass is 14.2. The molecule has 0 saturated heterocycles. The molecule has 0 aromatic heterocycles. The fourth-order valence-electron chi connectivity index (χ4n) is 8.96. The number of fused-ring (bicyclic) bond motifs is 6. The zero-order chi connectivity index (χ0) is 37.0. The van der Waals surface area contributed by atoms with Gasteiger partial charge in [-0.05, 0) is 146 Å². The third kappa shape index (κ3) is 5.38. The van der Waals surface area contributed by atoms with E-state index in [1.54, 1.807) is 0 Å². The van der Waals surface area contributed by atoms with Crippen molar-refractivity contribution in [2.45, 2.75) is 0 Å². The summed E-state index contributed by atoms with van der Waals surface area (Å²) in [6.45, 7) is 0. The van der Waals surface area contributed by atoms with E-state index in [4.69, 9.17) is 0 Å². The second-order valence-corrected chi connectivity index (χ2v) is 14.8. The van der Waals surface area contributed by atoms with Crippen molar-refractivity contribution >= 4 is 53.9 Å². The molecule has 0 fully saturated rings. The SMILES string of the molecule is c1ccc(-c2cc(-c3ccccc3)cc(-c3ccc4ccc(-c5c6ccccc6c(-c6cc7ccccc7c7ccccc67)c6ccccc56)cc4c3)c2)cc1. The molecule has 0 unspecified atom stereocenters. The van der Waals surface area contributed by atoms with Crippen molar-refractivity contribution in [3.05, 3.63) is 218 Å². The molecule has 260 valence electrons. The van der Waals surface area contributed by atoms with Gasteiger partial charge in [0.2, 0.25) is 0 Å². The first-order valence-electron chi connectivity index (χ1n) is 19.4. The fraction of sp³-hybridized carbons (Fsp3) is 0. The summed E-state index contributed by atoms with van der Waals surface area (Å²) < 4.78 is 0. The third-order valence-corrected chi connectivity index (χ3v) is 11.6. The van der Waals surface area contributed by atoms with Gasteiger partial charge in [-0.2, -0.15) is 0 Å². The van der Waals surface area contributed by atoms with Gasteiger partial charge in [-0.1, -0.05) is 182 Å². The molecule has 11 rings (SSSR count). The lowest BCUT2D eigenvalue weighted by Gasteiger charge is -2.20. The molecule has 0 N–H and O–H groups in total. The van der Waals surface area contributed by atoms with Crippen LogP contribution in [0.1, 0.15) is 0 Å². The summed E-state index contributed by atoms with van der Waals surface area (Å²) in [6, 6.07) is 80.4. The van der Waals surface area contributed by atoms with Gasteiger partial charge < -0.3 is 0 Å². The molecule has 11 aromatic rings. The summed E-state index contributed by atoms with van der Waals surface area (Å²) in [7, 11) is 0. The maximum atomic E-state index is 2.40. The quantitative estimate of drug-likeness (QED) is 0.123. The van der Waals surface area contributed by atoms with Crippen LogP contribution in [0.5, 0.6) is 0 Å². The van der Waals surface area contributed by atoms with Crippen LogP contribution in [-0.4, -0.2) is 0 Å².